The van der Waals surface area contributed by atoms with Crippen LogP contribution in [-0.2, 0) is 26.0 Å². The monoisotopic (exact) mass is 455 g/mol. The zero-order valence-corrected chi connectivity index (χ0v) is 19.9. The van der Waals surface area contributed by atoms with E-state index in [0.29, 0.717) is 18.0 Å². The second-order valence-corrected chi connectivity index (χ2v) is 8.92. The van der Waals surface area contributed by atoms with Crippen LogP contribution in [0, 0.1) is 20.8 Å². The molecule has 0 bridgehead atoms. The molecular weight excluding hydrogens is 426 g/mol. The number of fused-ring (bicyclic) bond motifs is 1. The summed E-state index contributed by atoms with van der Waals surface area (Å²) in [6.45, 7) is 6.88. The number of aryl methyl sites for hydroxylation is 4. The first-order valence-corrected chi connectivity index (χ1v) is 11.7. The largest absolute Gasteiger partial charge is 0.486 e. The number of furan rings is 1. The lowest BCUT2D eigenvalue weighted by atomic mass is 10.1. The van der Waals surface area contributed by atoms with Gasteiger partial charge in [0, 0.05) is 0 Å². The second-order valence-electron chi connectivity index (χ2n) is 8.92. The summed E-state index contributed by atoms with van der Waals surface area (Å²) in [5, 5.41) is 7.61. The summed E-state index contributed by atoms with van der Waals surface area (Å²) in [6, 6.07) is 18.0. The van der Waals surface area contributed by atoms with Gasteiger partial charge in [0.15, 0.2) is 5.76 Å². The molecule has 0 atom stereocenters. The standard InChI is InChI=1S/C28H29N3O3/c1-18-7-4-5-8-23(18)16-31-20(3)27(19(2)30-31)29-28(32)26-14-13-25(34-26)17-33-24-12-11-21-9-6-10-22(21)15-24/h4-5,7-8,11-15H,6,9-10,16-17H2,1-3H3,(H,29,32). The predicted octanol–water partition coefficient (Wildman–Crippen LogP) is 5.77. The number of hydrogen-bond acceptors (Lipinski definition) is 4. The Morgan fingerprint density at radius 2 is 1.88 bits per heavy atom. The van der Waals surface area contributed by atoms with Crippen LogP contribution < -0.4 is 10.1 Å². The van der Waals surface area contributed by atoms with Crippen molar-refractivity contribution >= 4 is 11.6 Å². The van der Waals surface area contributed by atoms with Gasteiger partial charge in [0.05, 0.1) is 23.6 Å². The van der Waals surface area contributed by atoms with Crippen molar-refractivity contribution in [2.24, 2.45) is 0 Å². The Morgan fingerprint density at radius 3 is 2.74 bits per heavy atom. The normalized spacial score (nSPS) is 12.6. The van der Waals surface area contributed by atoms with Gasteiger partial charge in [-0.25, -0.2) is 0 Å². The molecule has 1 aliphatic rings. The third-order valence-electron chi connectivity index (χ3n) is 6.54. The van der Waals surface area contributed by atoms with Gasteiger partial charge in [-0.15, -0.1) is 0 Å². The van der Waals surface area contributed by atoms with Crippen LogP contribution in [0.25, 0.3) is 0 Å². The first kappa shape index (κ1) is 22.0. The highest BCUT2D eigenvalue weighted by atomic mass is 16.5. The van der Waals surface area contributed by atoms with Crippen LogP contribution in [-0.4, -0.2) is 15.7 Å². The first-order valence-electron chi connectivity index (χ1n) is 11.7. The maximum Gasteiger partial charge on any atom is 0.291 e. The number of carbonyl (C=O) groups excluding carboxylic acids is 1. The lowest BCUT2D eigenvalue weighted by Crippen LogP contribution is -2.12. The van der Waals surface area contributed by atoms with Gasteiger partial charge in [-0.05, 0) is 86.6 Å². The smallest absolute Gasteiger partial charge is 0.291 e. The lowest BCUT2D eigenvalue weighted by Gasteiger charge is -2.08. The molecule has 0 aliphatic heterocycles. The van der Waals surface area contributed by atoms with Crippen LogP contribution in [0.5, 0.6) is 5.75 Å². The summed E-state index contributed by atoms with van der Waals surface area (Å²) in [6.07, 6.45) is 3.47. The minimum atomic E-state index is -0.301. The van der Waals surface area contributed by atoms with E-state index in [1.165, 1.54) is 28.7 Å². The highest BCUT2D eigenvalue weighted by Gasteiger charge is 2.18. The number of hydrogen-bond donors (Lipinski definition) is 1. The van der Waals surface area contributed by atoms with E-state index in [1.54, 1.807) is 12.1 Å². The van der Waals surface area contributed by atoms with E-state index in [1.807, 2.05) is 36.7 Å². The van der Waals surface area contributed by atoms with Gasteiger partial charge in [-0.3, -0.25) is 9.48 Å². The number of amides is 1. The summed E-state index contributed by atoms with van der Waals surface area (Å²) in [7, 11) is 0. The van der Waals surface area contributed by atoms with Crippen molar-refractivity contribution in [3.8, 4) is 5.75 Å². The first-order chi connectivity index (χ1) is 16.5. The summed E-state index contributed by atoms with van der Waals surface area (Å²) in [5.74, 6) is 1.38. The van der Waals surface area contributed by atoms with E-state index < -0.39 is 0 Å². The molecule has 0 saturated carbocycles. The van der Waals surface area contributed by atoms with Gasteiger partial charge >= 0.3 is 0 Å². The molecule has 0 radical (unpaired) electrons. The van der Waals surface area contributed by atoms with Gasteiger partial charge in [0.25, 0.3) is 5.91 Å². The van der Waals surface area contributed by atoms with Crippen LogP contribution in [0.3, 0.4) is 0 Å². The van der Waals surface area contributed by atoms with Crippen LogP contribution in [0.4, 0.5) is 5.69 Å². The Morgan fingerprint density at radius 1 is 1.06 bits per heavy atom. The average molecular weight is 456 g/mol. The molecule has 5 rings (SSSR count). The minimum Gasteiger partial charge on any atom is -0.486 e. The topological polar surface area (TPSA) is 69.3 Å². The van der Waals surface area contributed by atoms with E-state index in [-0.39, 0.29) is 18.3 Å². The van der Waals surface area contributed by atoms with Crippen LogP contribution in [0.15, 0.2) is 59.0 Å². The number of anilines is 1. The zero-order chi connectivity index (χ0) is 23.7. The number of aromatic nitrogens is 2. The fourth-order valence-electron chi connectivity index (χ4n) is 4.53. The summed E-state index contributed by atoms with van der Waals surface area (Å²) in [5.41, 5.74) is 7.58. The number of ether oxygens (including phenoxy) is 1. The minimum absolute atomic E-state index is 0.248. The summed E-state index contributed by atoms with van der Waals surface area (Å²) in [4.78, 5) is 12.9. The highest BCUT2D eigenvalue weighted by Crippen LogP contribution is 2.27. The van der Waals surface area contributed by atoms with E-state index in [9.17, 15) is 4.79 Å². The molecule has 6 heteroatoms. The number of nitrogens with zero attached hydrogens (tertiary/aromatic N) is 2. The van der Waals surface area contributed by atoms with Crippen molar-refractivity contribution in [3.63, 3.8) is 0 Å². The summed E-state index contributed by atoms with van der Waals surface area (Å²) >= 11 is 0. The molecule has 2 heterocycles. The van der Waals surface area contributed by atoms with Gasteiger partial charge in [-0.1, -0.05) is 30.3 Å². The van der Waals surface area contributed by atoms with Gasteiger partial charge in [0.1, 0.15) is 18.1 Å². The Hall–Kier alpha value is -3.80. The van der Waals surface area contributed by atoms with E-state index >= 15 is 0 Å². The fraction of sp³-hybridized carbons (Fsp3) is 0.286. The zero-order valence-electron chi connectivity index (χ0n) is 19.9. The molecule has 2 aromatic heterocycles. The van der Waals surface area contributed by atoms with Crippen LogP contribution in [0.1, 0.15) is 56.4 Å². The molecule has 1 aliphatic carbocycles. The maximum absolute atomic E-state index is 12.9. The van der Waals surface area contributed by atoms with Crippen molar-refractivity contribution in [2.45, 2.75) is 53.2 Å². The maximum atomic E-state index is 12.9. The Balaban J connectivity index is 1.24. The number of nitrogens with one attached hydrogen (secondary N) is 1. The Bertz CT molecular complexity index is 1350. The highest BCUT2D eigenvalue weighted by molar-refractivity contribution is 6.02. The number of carbonyl (C=O) groups is 1. The molecule has 0 spiro atoms. The second kappa shape index (κ2) is 9.21. The molecule has 0 unspecified atom stereocenters. The molecule has 0 saturated heterocycles. The predicted molar refractivity (Wildman–Crippen MR) is 131 cm³/mol. The molecule has 0 fully saturated rings. The number of benzene rings is 2. The molecule has 6 nitrogen and oxygen atoms in total. The van der Waals surface area contributed by atoms with Gasteiger partial charge in [-0.2, -0.15) is 5.10 Å². The molecule has 174 valence electrons. The van der Waals surface area contributed by atoms with Crippen molar-refractivity contribution in [1.82, 2.24) is 9.78 Å². The SMILES string of the molecule is Cc1ccccc1Cn1nc(C)c(NC(=O)c2ccc(COc3ccc4c(c3)CCC4)o2)c1C. The van der Waals surface area contributed by atoms with E-state index in [0.717, 1.165) is 30.0 Å². The number of rotatable bonds is 7. The molecule has 2 aromatic carbocycles. The average Bonchev–Trinajstić information content (AvgIpc) is 3.55. The Kier molecular flexibility index (Phi) is 5.97. The molecule has 1 amide bonds. The summed E-state index contributed by atoms with van der Waals surface area (Å²) < 4.78 is 13.6. The lowest BCUT2D eigenvalue weighted by molar-refractivity contribution is 0.0992. The van der Waals surface area contributed by atoms with Crippen molar-refractivity contribution in [2.75, 3.05) is 5.32 Å². The van der Waals surface area contributed by atoms with E-state index in [4.69, 9.17) is 9.15 Å². The van der Waals surface area contributed by atoms with Gasteiger partial charge < -0.3 is 14.5 Å². The van der Waals surface area contributed by atoms with Crippen LogP contribution in [0.2, 0.25) is 0 Å². The molecule has 34 heavy (non-hydrogen) atoms. The van der Waals surface area contributed by atoms with E-state index in [2.05, 4.69) is 41.6 Å². The van der Waals surface area contributed by atoms with Crippen LogP contribution >= 0.6 is 0 Å². The van der Waals surface area contributed by atoms with Gasteiger partial charge in [0.2, 0.25) is 0 Å². The van der Waals surface area contributed by atoms with Crippen molar-refractivity contribution in [3.05, 3.63) is 99.8 Å². The third-order valence-corrected chi connectivity index (χ3v) is 6.54. The molecule has 1 N–H and O–H groups in total. The Labute approximate surface area is 199 Å². The molecular formula is C28H29N3O3. The van der Waals surface area contributed by atoms with Crippen molar-refractivity contribution < 1.29 is 13.9 Å². The van der Waals surface area contributed by atoms with Crippen molar-refractivity contribution in [1.29, 1.82) is 0 Å². The molecule has 4 aromatic rings. The quantitative estimate of drug-likeness (QED) is 0.384. The third kappa shape index (κ3) is 4.49. The fourth-order valence-corrected chi connectivity index (χ4v) is 4.53.